The van der Waals surface area contributed by atoms with Crippen molar-refractivity contribution in [2.24, 2.45) is 5.11 Å². The predicted molar refractivity (Wildman–Crippen MR) is 81.1 cm³/mol. The molecular formula is C14H19N3O9. The smallest absolute Gasteiger partial charge is 0.305 e. The summed E-state index contributed by atoms with van der Waals surface area (Å²) in [5.74, 6) is -3.05. The molecule has 1 heterocycles. The van der Waals surface area contributed by atoms with Crippen LogP contribution < -0.4 is 0 Å². The summed E-state index contributed by atoms with van der Waals surface area (Å²) in [6.45, 7) is 4.05. The van der Waals surface area contributed by atoms with Crippen LogP contribution in [0.15, 0.2) is 5.11 Å². The highest BCUT2D eigenvalue weighted by Crippen LogP contribution is 2.29. The first-order chi connectivity index (χ1) is 12.1. The molecule has 1 saturated heterocycles. The summed E-state index contributed by atoms with van der Waals surface area (Å²) in [5.41, 5.74) is 8.51. The fourth-order valence-corrected chi connectivity index (χ4v) is 2.38. The van der Waals surface area contributed by atoms with Gasteiger partial charge in [-0.1, -0.05) is 5.11 Å². The van der Waals surface area contributed by atoms with E-state index in [2.05, 4.69) is 10.0 Å². The summed E-state index contributed by atoms with van der Waals surface area (Å²) in [7, 11) is 0. The van der Waals surface area contributed by atoms with Crippen molar-refractivity contribution >= 4 is 23.9 Å². The lowest BCUT2D eigenvalue weighted by atomic mass is 9.97. The van der Waals surface area contributed by atoms with Crippen molar-refractivity contribution in [1.82, 2.24) is 0 Å². The van der Waals surface area contributed by atoms with Crippen LogP contribution in [0.1, 0.15) is 27.7 Å². The molecule has 12 heteroatoms. The fourth-order valence-electron chi connectivity index (χ4n) is 2.38. The van der Waals surface area contributed by atoms with Crippen LogP contribution in [-0.2, 0) is 42.9 Å². The Morgan fingerprint density at radius 3 is 1.77 bits per heavy atom. The van der Waals surface area contributed by atoms with Gasteiger partial charge in [-0.3, -0.25) is 19.2 Å². The van der Waals surface area contributed by atoms with Crippen LogP contribution in [0, 0.1) is 0 Å². The minimum absolute atomic E-state index is 0.323. The number of hydrogen-bond acceptors (Lipinski definition) is 10. The fraction of sp³-hybridized carbons (Fsp3) is 0.714. The van der Waals surface area contributed by atoms with Gasteiger partial charge in [0, 0.05) is 32.6 Å². The average molecular weight is 373 g/mol. The van der Waals surface area contributed by atoms with E-state index in [1.807, 2.05) is 0 Å². The first-order valence-corrected chi connectivity index (χ1v) is 7.51. The normalized spacial score (nSPS) is 27.5. The van der Waals surface area contributed by atoms with Crippen molar-refractivity contribution in [3.63, 3.8) is 0 Å². The monoisotopic (exact) mass is 373 g/mol. The molecule has 5 atom stereocenters. The van der Waals surface area contributed by atoms with E-state index in [4.69, 9.17) is 29.2 Å². The number of ether oxygens (including phenoxy) is 5. The van der Waals surface area contributed by atoms with Gasteiger partial charge in [-0.25, -0.2) is 0 Å². The second-order valence-electron chi connectivity index (χ2n) is 5.29. The lowest BCUT2D eigenvalue weighted by Gasteiger charge is -2.43. The van der Waals surface area contributed by atoms with E-state index in [-0.39, 0.29) is 6.54 Å². The Morgan fingerprint density at radius 1 is 0.846 bits per heavy atom. The quantitative estimate of drug-likeness (QED) is 0.210. The highest BCUT2D eigenvalue weighted by molar-refractivity contribution is 5.69. The lowest BCUT2D eigenvalue weighted by Crippen LogP contribution is -2.62. The first-order valence-electron chi connectivity index (χ1n) is 7.51. The molecule has 0 spiro atoms. The molecule has 1 fully saturated rings. The van der Waals surface area contributed by atoms with Gasteiger partial charge >= 0.3 is 23.9 Å². The van der Waals surface area contributed by atoms with Gasteiger partial charge in [0.25, 0.3) is 0 Å². The standard InChI is InChI=1S/C14H19N3O9/c1-6(18)22-11-10(5-16-17-15)26-14(25-9(4)21)13(24-8(3)20)12(11)23-7(2)19/h10-14H,5H2,1-4H3/t10?,11-,12+,13?,14+/m0/s1. The molecule has 1 aliphatic rings. The topological polar surface area (TPSA) is 163 Å². The maximum Gasteiger partial charge on any atom is 0.305 e. The van der Waals surface area contributed by atoms with Crippen LogP contribution in [0.5, 0.6) is 0 Å². The van der Waals surface area contributed by atoms with Crippen molar-refractivity contribution < 1.29 is 42.9 Å². The number of rotatable bonds is 6. The Labute approximate surface area is 148 Å². The lowest BCUT2D eigenvalue weighted by molar-refractivity contribution is -0.293. The van der Waals surface area contributed by atoms with Gasteiger partial charge in [-0.15, -0.1) is 0 Å². The van der Waals surface area contributed by atoms with Gasteiger partial charge in [-0.05, 0) is 5.53 Å². The summed E-state index contributed by atoms with van der Waals surface area (Å²) in [6, 6.07) is 0. The minimum Gasteiger partial charge on any atom is -0.456 e. The second kappa shape index (κ2) is 9.59. The molecule has 1 rings (SSSR count). The molecule has 0 bridgehead atoms. The highest BCUT2D eigenvalue weighted by Gasteiger charge is 2.52. The van der Waals surface area contributed by atoms with Crippen LogP contribution in [0.4, 0.5) is 0 Å². The average Bonchev–Trinajstić information content (AvgIpc) is 2.49. The molecule has 0 aromatic heterocycles. The van der Waals surface area contributed by atoms with E-state index >= 15 is 0 Å². The molecular weight excluding hydrogens is 354 g/mol. The number of esters is 4. The van der Waals surface area contributed by atoms with Gasteiger partial charge in [0.05, 0.1) is 6.54 Å². The van der Waals surface area contributed by atoms with Gasteiger partial charge in [-0.2, -0.15) is 0 Å². The maximum atomic E-state index is 11.5. The summed E-state index contributed by atoms with van der Waals surface area (Å²) < 4.78 is 25.8. The van der Waals surface area contributed by atoms with Crippen molar-refractivity contribution in [1.29, 1.82) is 0 Å². The minimum atomic E-state index is -1.47. The molecule has 0 N–H and O–H groups in total. The van der Waals surface area contributed by atoms with E-state index in [1.54, 1.807) is 0 Å². The Kier molecular flexibility index (Phi) is 7.81. The molecule has 0 aromatic carbocycles. The Balaban J connectivity index is 3.32. The number of azide groups is 1. The largest absolute Gasteiger partial charge is 0.456 e. The van der Waals surface area contributed by atoms with E-state index in [0.29, 0.717) is 0 Å². The van der Waals surface area contributed by atoms with Crippen molar-refractivity contribution in [3.8, 4) is 0 Å². The third kappa shape index (κ3) is 6.22. The Bertz CT molecular complexity index is 587. The van der Waals surface area contributed by atoms with E-state index in [0.717, 1.165) is 27.7 Å². The SMILES string of the molecule is CC(=O)OC1[C@H](OC(C)=O)OC(CN=[N+]=[N-])[C@H](OC(C)=O)[C@H]1OC(C)=O. The third-order valence-corrected chi connectivity index (χ3v) is 3.10. The Morgan fingerprint density at radius 2 is 1.31 bits per heavy atom. The first kappa shape index (κ1) is 21.2. The highest BCUT2D eigenvalue weighted by atomic mass is 16.7. The van der Waals surface area contributed by atoms with E-state index < -0.39 is 54.6 Å². The van der Waals surface area contributed by atoms with Crippen molar-refractivity contribution in [3.05, 3.63) is 10.4 Å². The third-order valence-electron chi connectivity index (χ3n) is 3.10. The molecule has 0 radical (unpaired) electrons. The molecule has 0 saturated carbocycles. The zero-order valence-corrected chi connectivity index (χ0v) is 14.6. The van der Waals surface area contributed by atoms with Crippen LogP contribution in [-0.4, -0.2) is 61.1 Å². The van der Waals surface area contributed by atoms with E-state index in [1.165, 1.54) is 0 Å². The van der Waals surface area contributed by atoms with E-state index in [9.17, 15) is 19.2 Å². The number of hydrogen-bond donors (Lipinski definition) is 0. The maximum absolute atomic E-state index is 11.5. The van der Waals surface area contributed by atoms with Crippen LogP contribution >= 0.6 is 0 Å². The predicted octanol–water partition coefficient (Wildman–Crippen LogP) is 0.380. The summed E-state index contributed by atoms with van der Waals surface area (Å²) >= 11 is 0. The van der Waals surface area contributed by atoms with Gasteiger partial charge < -0.3 is 23.7 Å². The molecule has 1 aliphatic heterocycles. The molecule has 2 unspecified atom stereocenters. The van der Waals surface area contributed by atoms with Gasteiger partial charge in [0.1, 0.15) is 6.10 Å². The summed E-state index contributed by atoms with van der Waals surface area (Å²) in [6.07, 6.45) is -6.59. The van der Waals surface area contributed by atoms with Crippen LogP contribution in [0.25, 0.3) is 10.4 Å². The van der Waals surface area contributed by atoms with Crippen LogP contribution in [0.2, 0.25) is 0 Å². The van der Waals surface area contributed by atoms with Gasteiger partial charge in [0.2, 0.25) is 12.4 Å². The molecule has 0 amide bonds. The summed E-state index contributed by atoms with van der Waals surface area (Å²) in [5, 5.41) is 3.34. The zero-order chi connectivity index (χ0) is 19.9. The number of carbonyl (C=O) groups excluding carboxylic acids is 4. The zero-order valence-electron chi connectivity index (χ0n) is 14.6. The molecule has 0 aliphatic carbocycles. The molecule has 0 aromatic rings. The summed E-state index contributed by atoms with van der Waals surface area (Å²) in [4.78, 5) is 48.3. The molecule has 26 heavy (non-hydrogen) atoms. The number of nitrogens with zero attached hydrogens (tertiary/aromatic N) is 3. The number of carbonyl (C=O) groups is 4. The molecule has 144 valence electrons. The van der Waals surface area contributed by atoms with Crippen molar-refractivity contribution in [2.75, 3.05) is 6.54 Å². The molecule has 12 nitrogen and oxygen atoms in total. The van der Waals surface area contributed by atoms with Crippen LogP contribution in [0.3, 0.4) is 0 Å². The van der Waals surface area contributed by atoms with Crippen molar-refractivity contribution in [2.45, 2.75) is 58.4 Å². The van der Waals surface area contributed by atoms with Gasteiger partial charge in [0.15, 0.2) is 12.2 Å². The Hall–Kier alpha value is -2.85. The second-order valence-corrected chi connectivity index (χ2v) is 5.29.